The van der Waals surface area contributed by atoms with E-state index in [0.717, 1.165) is 25.9 Å². The quantitative estimate of drug-likeness (QED) is 0.841. The van der Waals surface area contributed by atoms with Crippen LogP contribution in [-0.2, 0) is 10.0 Å². The Morgan fingerprint density at radius 1 is 1.08 bits per heavy atom. The Hall–Kier alpha value is -0.920. The Balaban J connectivity index is 1.66. The molecule has 1 aliphatic carbocycles. The molecule has 1 aromatic rings. The van der Waals surface area contributed by atoms with E-state index in [1.165, 1.54) is 38.5 Å². The van der Waals surface area contributed by atoms with E-state index in [2.05, 4.69) is 14.8 Å². The minimum atomic E-state index is -3.57. The van der Waals surface area contributed by atoms with Gasteiger partial charge in [-0.1, -0.05) is 30.8 Å². The van der Waals surface area contributed by atoms with E-state index in [9.17, 15) is 8.42 Å². The molecule has 6 nitrogen and oxygen atoms in total. The molecule has 1 saturated heterocycles. The summed E-state index contributed by atoms with van der Waals surface area (Å²) in [7, 11) is -3.57. The standard InChI is InChI=1S/C17H29N3O3S/c1-13-17(14(2)23-18-13)24(21,22)19-15-8-7-11-20(12-15)16-9-5-3-4-6-10-16/h15-16,19H,3-12H2,1-2H3/t15-/m1/s1. The number of hydrogen-bond acceptors (Lipinski definition) is 5. The number of sulfonamides is 1. The van der Waals surface area contributed by atoms with Gasteiger partial charge in [0.1, 0.15) is 10.6 Å². The van der Waals surface area contributed by atoms with Crippen LogP contribution in [0.2, 0.25) is 0 Å². The van der Waals surface area contributed by atoms with Gasteiger partial charge in [0.05, 0.1) is 0 Å². The highest BCUT2D eigenvalue weighted by Crippen LogP contribution is 2.26. The lowest BCUT2D eigenvalue weighted by Gasteiger charge is -2.38. The molecule has 1 saturated carbocycles. The number of aryl methyl sites for hydroxylation is 2. The largest absolute Gasteiger partial charge is 0.360 e. The Morgan fingerprint density at radius 2 is 1.79 bits per heavy atom. The van der Waals surface area contributed by atoms with Crippen LogP contribution in [-0.4, -0.2) is 43.6 Å². The molecule has 0 amide bonds. The maximum Gasteiger partial charge on any atom is 0.246 e. The predicted octanol–water partition coefficient (Wildman–Crippen LogP) is 2.76. The van der Waals surface area contributed by atoms with E-state index >= 15 is 0 Å². The molecule has 1 N–H and O–H groups in total. The first kappa shape index (κ1) is 17.9. The summed E-state index contributed by atoms with van der Waals surface area (Å²) in [4.78, 5) is 2.71. The van der Waals surface area contributed by atoms with Crippen LogP contribution in [0.5, 0.6) is 0 Å². The summed E-state index contributed by atoms with van der Waals surface area (Å²) < 4.78 is 33.3. The van der Waals surface area contributed by atoms with Crippen LogP contribution in [0.15, 0.2) is 9.42 Å². The first-order valence-electron chi connectivity index (χ1n) is 9.16. The van der Waals surface area contributed by atoms with Gasteiger partial charge in [-0.2, -0.15) is 0 Å². The average molecular weight is 356 g/mol. The molecule has 2 heterocycles. The van der Waals surface area contributed by atoms with Crippen LogP contribution in [0.3, 0.4) is 0 Å². The van der Waals surface area contributed by atoms with E-state index in [-0.39, 0.29) is 10.9 Å². The third-order valence-corrected chi connectivity index (χ3v) is 7.12. The topological polar surface area (TPSA) is 75.4 Å². The SMILES string of the molecule is Cc1noc(C)c1S(=O)(=O)N[C@@H]1CCCN(C2CCCCCC2)C1. The zero-order valence-corrected chi connectivity index (χ0v) is 15.6. The molecule has 0 unspecified atom stereocenters. The van der Waals surface area contributed by atoms with Crippen molar-refractivity contribution in [3.8, 4) is 0 Å². The fraction of sp³-hybridized carbons (Fsp3) is 0.824. The average Bonchev–Trinajstić information content (AvgIpc) is 2.76. The Morgan fingerprint density at radius 3 is 2.42 bits per heavy atom. The van der Waals surface area contributed by atoms with Crippen molar-refractivity contribution >= 4 is 10.0 Å². The van der Waals surface area contributed by atoms with Crippen molar-refractivity contribution in [2.24, 2.45) is 0 Å². The lowest BCUT2D eigenvalue weighted by Crippen LogP contribution is -2.50. The van der Waals surface area contributed by atoms with E-state index in [1.807, 2.05) is 0 Å². The molecular weight excluding hydrogens is 326 g/mol. The third kappa shape index (κ3) is 4.00. The maximum atomic E-state index is 12.7. The van der Waals surface area contributed by atoms with Gasteiger partial charge >= 0.3 is 0 Å². The van der Waals surface area contributed by atoms with Crippen LogP contribution >= 0.6 is 0 Å². The molecule has 0 bridgehead atoms. The van der Waals surface area contributed by atoms with Crippen molar-refractivity contribution in [3.63, 3.8) is 0 Å². The number of nitrogens with one attached hydrogen (secondary N) is 1. The molecule has 3 rings (SSSR count). The highest BCUT2D eigenvalue weighted by atomic mass is 32.2. The normalized spacial score (nSPS) is 24.8. The monoisotopic (exact) mass is 355 g/mol. The lowest BCUT2D eigenvalue weighted by atomic mass is 10.0. The van der Waals surface area contributed by atoms with E-state index < -0.39 is 10.0 Å². The van der Waals surface area contributed by atoms with E-state index in [4.69, 9.17) is 4.52 Å². The van der Waals surface area contributed by atoms with E-state index in [1.54, 1.807) is 13.8 Å². The number of aromatic nitrogens is 1. The van der Waals surface area contributed by atoms with Gasteiger partial charge in [-0.3, -0.25) is 4.90 Å². The fourth-order valence-electron chi connectivity index (χ4n) is 4.19. The Bertz CT molecular complexity index is 629. The molecule has 136 valence electrons. The van der Waals surface area contributed by atoms with Gasteiger partial charge < -0.3 is 4.52 Å². The third-order valence-electron chi connectivity index (χ3n) is 5.35. The minimum absolute atomic E-state index is 0.0271. The molecule has 0 radical (unpaired) electrons. The molecule has 1 aliphatic heterocycles. The van der Waals surface area contributed by atoms with Crippen molar-refractivity contribution in [1.82, 2.24) is 14.8 Å². The summed E-state index contributed by atoms with van der Waals surface area (Å²) >= 11 is 0. The summed E-state index contributed by atoms with van der Waals surface area (Å²) in [5, 5.41) is 3.77. The van der Waals surface area contributed by atoms with Gasteiger partial charge in [0.2, 0.25) is 10.0 Å². The van der Waals surface area contributed by atoms with Crippen molar-refractivity contribution in [1.29, 1.82) is 0 Å². The van der Waals surface area contributed by atoms with Gasteiger partial charge in [0.25, 0.3) is 0 Å². The maximum absolute atomic E-state index is 12.7. The number of piperidine rings is 1. The summed E-state index contributed by atoms with van der Waals surface area (Å²) in [5.74, 6) is 0.358. The summed E-state index contributed by atoms with van der Waals surface area (Å²) in [5.41, 5.74) is 0.427. The van der Waals surface area contributed by atoms with Gasteiger partial charge in [0, 0.05) is 18.6 Å². The molecular formula is C17H29N3O3S. The number of rotatable bonds is 4. The first-order valence-corrected chi connectivity index (χ1v) is 10.6. The Kier molecular flexibility index (Phi) is 5.62. The van der Waals surface area contributed by atoms with Crippen LogP contribution in [0.1, 0.15) is 62.8 Å². The first-order chi connectivity index (χ1) is 11.5. The number of nitrogens with zero attached hydrogens (tertiary/aromatic N) is 2. The Labute approximate surface area is 145 Å². The predicted molar refractivity (Wildman–Crippen MR) is 92.4 cm³/mol. The fourth-order valence-corrected chi connectivity index (χ4v) is 5.78. The second-order valence-corrected chi connectivity index (χ2v) is 8.90. The molecule has 7 heteroatoms. The van der Waals surface area contributed by atoms with E-state index in [0.29, 0.717) is 17.5 Å². The van der Waals surface area contributed by atoms with Crippen LogP contribution < -0.4 is 4.72 Å². The van der Waals surface area contributed by atoms with Crippen LogP contribution in [0, 0.1) is 13.8 Å². The minimum Gasteiger partial charge on any atom is -0.360 e. The summed E-state index contributed by atoms with van der Waals surface area (Å²) in [6, 6.07) is 0.597. The van der Waals surface area contributed by atoms with Gasteiger partial charge in [-0.25, -0.2) is 13.1 Å². The molecule has 24 heavy (non-hydrogen) atoms. The van der Waals surface area contributed by atoms with Crippen LogP contribution in [0.4, 0.5) is 0 Å². The van der Waals surface area contributed by atoms with Gasteiger partial charge in [-0.05, 0) is 46.1 Å². The molecule has 0 aromatic carbocycles. The second-order valence-electron chi connectivity index (χ2n) is 7.25. The lowest BCUT2D eigenvalue weighted by molar-refractivity contribution is 0.132. The van der Waals surface area contributed by atoms with Crippen LogP contribution in [0.25, 0.3) is 0 Å². The molecule has 1 aromatic heterocycles. The number of hydrogen-bond donors (Lipinski definition) is 1. The molecule has 1 atom stereocenters. The summed E-state index contributed by atoms with van der Waals surface area (Å²) in [6.45, 7) is 5.22. The van der Waals surface area contributed by atoms with Gasteiger partial charge in [0.15, 0.2) is 5.76 Å². The van der Waals surface area contributed by atoms with Crippen molar-refractivity contribution in [2.45, 2.75) is 82.2 Å². The van der Waals surface area contributed by atoms with Crippen molar-refractivity contribution < 1.29 is 12.9 Å². The second kappa shape index (κ2) is 7.54. The summed E-state index contributed by atoms with van der Waals surface area (Å²) in [6.07, 6.45) is 9.73. The van der Waals surface area contributed by atoms with Crippen molar-refractivity contribution in [3.05, 3.63) is 11.5 Å². The highest BCUT2D eigenvalue weighted by molar-refractivity contribution is 7.89. The zero-order chi connectivity index (χ0) is 17.2. The highest BCUT2D eigenvalue weighted by Gasteiger charge is 2.31. The zero-order valence-electron chi connectivity index (χ0n) is 14.8. The smallest absolute Gasteiger partial charge is 0.246 e. The molecule has 0 spiro atoms. The van der Waals surface area contributed by atoms with Gasteiger partial charge in [-0.15, -0.1) is 0 Å². The molecule has 2 aliphatic rings. The number of likely N-dealkylation sites (tertiary alicyclic amines) is 1. The molecule has 2 fully saturated rings. The van der Waals surface area contributed by atoms with Crippen molar-refractivity contribution in [2.75, 3.05) is 13.1 Å².